The van der Waals surface area contributed by atoms with Gasteiger partial charge in [0.15, 0.2) is 0 Å². The number of aromatic hydroxyl groups is 1. The van der Waals surface area contributed by atoms with Crippen molar-refractivity contribution in [2.24, 2.45) is 0 Å². The molecule has 0 radical (unpaired) electrons. The van der Waals surface area contributed by atoms with E-state index in [1.54, 1.807) is 36.7 Å². The summed E-state index contributed by atoms with van der Waals surface area (Å²) in [7, 11) is 0. The number of hydrogen-bond acceptors (Lipinski definition) is 3. The summed E-state index contributed by atoms with van der Waals surface area (Å²) >= 11 is 0. The second-order valence-electron chi connectivity index (χ2n) is 2.59. The summed E-state index contributed by atoms with van der Waals surface area (Å²) in [6.07, 6.45) is 6.88. The first-order valence-corrected chi connectivity index (χ1v) is 3.95. The molecule has 3 nitrogen and oxygen atoms in total. The normalized spacial score (nSPS) is 14.3. The molecule has 1 aromatic rings. The van der Waals surface area contributed by atoms with Gasteiger partial charge in [0, 0.05) is 6.20 Å². The van der Waals surface area contributed by atoms with Crippen molar-refractivity contribution in [1.82, 2.24) is 0 Å². The van der Waals surface area contributed by atoms with Crippen molar-refractivity contribution < 1.29 is 9.94 Å². The third-order valence-electron chi connectivity index (χ3n) is 1.70. The Morgan fingerprint density at radius 1 is 1.15 bits per heavy atom. The lowest BCUT2D eigenvalue weighted by atomic mass is 10.3. The van der Waals surface area contributed by atoms with Crippen molar-refractivity contribution in [2.75, 3.05) is 5.06 Å². The predicted molar refractivity (Wildman–Crippen MR) is 50.0 cm³/mol. The summed E-state index contributed by atoms with van der Waals surface area (Å²) in [6, 6.07) is 7.00. The third-order valence-corrected chi connectivity index (χ3v) is 1.70. The van der Waals surface area contributed by atoms with Gasteiger partial charge >= 0.3 is 0 Å². The molecular weight excluding hydrogens is 166 g/mol. The number of phenolic OH excluding ortho intramolecular Hbond substituents is 1. The van der Waals surface area contributed by atoms with Crippen molar-refractivity contribution in [2.45, 2.75) is 0 Å². The fourth-order valence-corrected chi connectivity index (χ4v) is 1.10. The number of rotatable bonds is 1. The van der Waals surface area contributed by atoms with Crippen LogP contribution in [0.15, 0.2) is 48.9 Å². The molecule has 1 aliphatic heterocycles. The second kappa shape index (κ2) is 3.23. The predicted octanol–water partition coefficient (Wildman–Crippen LogP) is 2.17. The molecule has 0 aliphatic carbocycles. The zero-order valence-electron chi connectivity index (χ0n) is 6.92. The molecular formula is C10H9NO2. The maximum Gasteiger partial charge on any atom is 0.142 e. The van der Waals surface area contributed by atoms with E-state index in [1.807, 2.05) is 12.1 Å². The van der Waals surface area contributed by atoms with Gasteiger partial charge in [0.2, 0.25) is 0 Å². The van der Waals surface area contributed by atoms with Gasteiger partial charge in [-0.1, -0.05) is 12.1 Å². The molecule has 66 valence electrons. The van der Waals surface area contributed by atoms with Crippen LogP contribution in [0.25, 0.3) is 0 Å². The molecule has 0 spiro atoms. The number of hydroxylamine groups is 1. The molecule has 0 saturated carbocycles. The van der Waals surface area contributed by atoms with Gasteiger partial charge in [0.05, 0.1) is 0 Å². The number of para-hydroxylation sites is 2. The number of nitrogens with zero attached hydrogens (tertiary/aromatic N) is 1. The van der Waals surface area contributed by atoms with E-state index < -0.39 is 0 Å². The highest BCUT2D eigenvalue weighted by Gasteiger charge is 2.08. The van der Waals surface area contributed by atoms with Crippen molar-refractivity contribution in [1.29, 1.82) is 0 Å². The topological polar surface area (TPSA) is 32.7 Å². The molecule has 0 bridgehead atoms. The quantitative estimate of drug-likeness (QED) is 0.710. The number of phenols is 1. The Morgan fingerprint density at radius 2 is 2.00 bits per heavy atom. The molecule has 1 N–H and O–H groups in total. The van der Waals surface area contributed by atoms with Crippen LogP contribution in [0.5, 0.6) is 5.75 Å². The minimum atomic E-state index is 0.197. The van der Waals surface area contributed by atoms with Crippen LogP contribution in [0.1, 0.15) is 0 Å². The SMILES string of the molecule is Oc1ccccc1N1C=CC=CO1. The Hall–Kier alpha value is -1.90. The molecule has 0 aromatic heterocycles. The van der Waals surface area contributed by atoms with Gasteiger partial charge < -0.3 is 9.94 Å². The summed E-state index contributed by atoms with van der Waals surface area (Å²) in [5.74, 6) is 0.197. The lowest BCUT2D eigenvalue weighted by Gasteiger charge is -2.20. The van der Waals surface area contributed by atoms with E-state index >= 15 is 0 Å². The third kappa shape index (κ3) is 1.49. The van der Waals surface area contributed by atoms with Crippen LogP contribution in [-0.2, 0) is 4.84 Å². The van der Waals surface area contributed by atoms with Gasteiger partial charge in [-0.15, -0.1) is 0 Å². The zero-order valence-corrected chi connectivity index (χ0v) is 6.92. The lowest BCUT2D eigenvalue weighted by Crippen LogP contribution is -2.14. The van der Waals surface area contributed by atoms with Gasteiger partial charge in [0.1, 0.15) is 17.7 Å². The van der Waals surface area contributed by atoms with Gasteiger partial charge in [0.25, 0.3) is 0 Å². The monoisotopic (exact) mass is 175 g/mol. The number of anilines is 1. The summed E-state index contributed by atoms with van der Waals surface area (Å²) < 4.78 is 0. The first-order valence-electron chi connectivity index (χ1n) is 3.95. The van der Waals surface area contributed by atoms with Crippen molar-refractivity contribution in [3.05, 3.63) is 48.9 Å². The average molecular weight is 175 g/mol. The molecule has 1 aliphatic rings. The molecule has 1 aromatic carbocycles. The number of benzene rings is 1. The molecule has 13 heavy (non-hydrogen) atoms. The Kier molecular flexibility index (Phi) is 1.92. The molecule has 0 unspecified atom stereocenters. The van der Waals surface area contributed by atoms with Crippen LogP contribution in [-0.4, -0.2) is 5.11 Å². The van der Waals surface area contributed by atoms with Gasteiger partial charge in [-0.2, -0.15) is 5.06 Å². The van der Waals surface area contributed by atoms with Crippen LogP contribution in [0.3, 0.4) is 0 Å². The van der Waals surface area contributed by atoms with Gasteiger partial charge in [-0.25, -0.2) is 0 Å². The van der Waals surface area contributed by atoms with Crippen LogP contribution >= 0.6 is 0 Å². The standard InChI is InChI=1S/C10H9NO2/c12-10-6-2-1-5-9(10)11-7-3-4-8-13-11/h1-8,12H. The molecule has 0 fully saturated rings. The molecule has 3 heteroatoms. The average Bonchev–Trinajstić information content (AvgIpc) is 2.20. The molecule has 0 amide bonds. The fourth-order valence-electron chi connectivity index (χ4n) is 1.10. The Balaban J connectivity index is 2.30. The van der Waals surface area contributed by atoms with Crippen molar-refractivity contribution in [3.8, 4) is 5.75 Å². The van der Waals surface area contributed by atoms with E-state index in [1.165, 1.54) is 5.06 Å². The summed E-state index contributed by atoms with van der Waals surface area (Å²) in [5.41, 5.74) is 0.628. The van der Waals surface area contributed by atoms with E-state index in [0.29, 0.717) is 5.69 Å². The molecule has 1 heterocycles. The Morgan fingerprint density at radius 3 is 2.69 bits per heavy atom. The van der Waals surface area contributed by atoms with Crippen LogP contribution in [0.4, 0.5) is 5.69 Å². The molecule has 0 saturated heterocycles. The van der Waals surface area contributed by atoms with Crippen LogP contribution in [0.2, 0.25) is 0 Å². The summed E-state index contributed by atoms with van der Waals surface area (Å²) in [6.45, 7) is 0. The first-order chi connectivity index (χ1) is 6.38. The lowest BCUT2D eigenvalue weighted by molar-refractivity contribution is 0.243. The summed E-state index contributed by atoms with van der Waals surface area (Å²) in [5, 5.41) is 11.0. The summed E-state index contributed by atoms with van der Waals surface area (Å²) in [4.78, 5) is 5.15. The number of allylic oxidation sites excluding steroid dienone is 2. The van der Waals surface area contributed by atoms with Crippen LogP contribution in [0, 0.1) is 0 Å². The zero-order chi connectivity index (χ0) is 9.10. The van der Waals surface area contributed by atoms with Gasteiger partial charge in [-0.05, 0) is 24.3 Å². The van der Waals surface area contributed by atoms with E-state index in [2.05, 4.69) is 0 Å². The molecule has 2 rings (SSSR count). The highest BCUT2D eigenvalue weighted by atomic mass is 16.7. The Bertz CT molecular complexity index is 358. The van der Waals surface area contributed by atoms with Crippen molar-refractivity contribution >= 4 is 5.69 Å². The van der Waals surface area contributed by atoms with Crippen LogP contribution < -0.4 is 5.06 Å². The highest BCUT2D eigenvalue weighted by molar-refractivity contribution is 5.58. The number of hydrogen-bond donors (Lipinski definition) is 1. The maximum absolute atomic E-state index is 9.48. The highest BCUT2D eigenvalue weighted by Crippen LogP contribution is 2.27. The smallest absolute Gasteiger partial charge is 0.142 e. The van der Waals surface area contributed by atoms with E-state index in [0.717, 1.165) is 0 Å². The largest absolute Gasteiger partial charge is 0.506 e. The second-order valence-corrected chi connectivity index (χ2v) is 2.59. The minimum absolute atomic E-state index is 0.197. The maximum atomic E-state index is 9.48. The van der Waals surface area contributed by atoms with E-state index in [9.17, 15) is 5.11 Å². The van der Waals surface area contributed by atoms with Crippen molar-refractivity contribution in [3.63, 3.8) is 0 Å². The first kappa shape index (κ1) is 7.73. The van der Waals surface area contributed by atoms with E-state index in [-0.39, 0.29) is 5.75 Å². The minimum Gasteiger partial charge on any atom is -0.506 e. The van der Waals surface area contributed by atoms with Gasteiger partial charge in [-0.3, -0.25) is 0 Å². The van der Waals surface area contributed by atoms with E-state index in [4.69, 9.17) is 4.84 Å². The Labute approximate surface area is 76.1 Å². The molecule has 0 atom stereocenters. The fraction of sp³-hybridized carbons (Fsp3) is 0.